The summed E-state index contributed by atoms with van der Waals surface area (Å²) in [7, 11) is 0. The van der Waals surface area contributed by atoms with Crippen molar-refractivity contribution in [2.24, 2.45) is 0 Å². The summed E-state index contributed by atoms with van der Waals surface area (Å²) in [4.78, 5) is 14.0. The van der Waals surface area contributed by atoms with E-state index in [1.54, 1.807) is 12.1 Å². The number of ether oxygens (including phenoxy) is 2. The van der Waals surface area contributed by atoms with Gasteiger partial charge in [-0.1, -0.05) is 42.3 Å². The van der Waals surface area contributed by atoms with Gasteiger partial charge in [-0.25, -0.2) is 9.18 Å². The molecule has 0 unspecified atom stereocenters. The molecule has 0 heterocycles. The molecule has 6 heteroatoms. The summed E-state index contributed by atoms with van der Waals surface area (Å²) in [6.45, 7) is 5.07. The molecule has 0 fully saturated rings. The first-order valence-electron chi connectivity index (χ1n) is 9.56. The number of terminal acetylenes is 1. The Balaban J connectivity index is 1.86. The molecule has 0 radical (unpaired) electrons. The fourth-order valence-corrected chi connectivity index (χ4v) is 2.69. The molecule has 0 atom stereocenters. The number of benzene rings is 2. The van der Waals surface area contributed by atoms with Crippen LogP contribution < -0.4 is 5.32 Å². The van der Waals surface area contributed by atoms with Crippen molar-refractivity contribution in [2.45, 2.75) is 26.6 Å². The highest BCUT2D eigenvalue weighted by molar-refractivity contribution is 5.74. The molecule has 2 aromatic carbocycles. The number of hydrogen-bond acceptors (Lipinski definition) is 3. The zero-order valence-corrected chi connectivity index (χ0v) is 16.7. The van der Waals surface area contributed by atoms with Gasteiger partial charge < -0.3 is 19.7 Å². The van der Waals surface area contributed by atoms with Gasteiger partial charge >= 0.3 is 6.03 Å². The Morgan fingerprint density at radius 1 is 1.10 bits per heavy atom. The molecule has 154 valence electrons. The maximum absolute atomic E-state index is 13.1. The van der Waals surface area contributed by atoms with Crippen LogP contribution in [0, 0.1) is 18.2 Å². The molecule has 2 amide bonds. The number of hydrogen-bond donors (Lipinski definition) is 1. The average Bonchev–Trinajstić information content (AvgIpc) is 2.73. The summed E-state index contributed by atoms with van der Waals surface area (Å²) in [5, 5.41) is 2.88. The van der Waals surface area contributed by atoms with Crippen LogP contribution in [0.4, 0.5) is 9.18 Å². The lowest BCUT2D eigenvalue weighted by Gasteiger charge is -2.21. The molecule has 1 N–H and O–H groups in total. The summed E-state index contributed by atoms with van der Waals surface area (Å²) >= 11 is 0. The lowest BCUT2D eigenvalue weighted by atomic mass is 10.1. The maximum atomic E-state index is 13.1. The summed E-state index contributed by atoms with van der Waals surface area (Å²) in [6, 6.07) is 13.6. The Morgan fingerprint density at radius 3 is 2.55 bits per heavy atom. The Bertz CT molecular complexity index is 803. The largest absolute Gasteiger partial charge is 0.379 e. The van der Waals surface area contributed by atoms with Gasteiger partial charge in [0.1, 0.15) is 5.82 Å². The van der Waals surface area contributed by atoms with Gasteiger partial charge in [0.25, 0.3) is 0 Å². The van der Waals surface area contributed by atoms with E-state index in [4.69, 9.17) is 15.9 Å². The quantitative estimate of drug-likeness (QED) is 0.464. The van der Waals surface area contributed by atoms with Crippen molar-refractivity contribution in [3.8, 4) is 12.3 Å². The summed E-state index contributed by atoms with van der Waals surface area (Å²) in [5.41, 5.74) is 2.80. The van der Waals surface area contributed by atoms with E-state index < -0.39 is 0 Å². The monoisotopic (exact) mass is 398 g/mol. The molecule has 0 aliphatic heterocycles. The zero-order chi connectivity index (χ0) is 20.9. The van der Waals surface area contributed by atoms with E-state index in [1.807, 2.05) is 31.2 Å². The standard InChI is InChI=1S/C23H27FN2O3/c1-3-12-26(17-19-8-10-22(24)11-9-19)23(27)25-16-20-6-5-7-21(15-20)18-29-14-13-28-4-2/h1,5-11,15H,4,12-14,16-18H2,2H3,(H,25,27). The second kappa shape index (κ2) is 12.6. The molecule has 0 aliphatic rings. The number of rotatable bonds is 11. The summed E-state index contributed by atoms with van der Waals surface area (Å²) in [5.74, 6) is 2.17. The van der Waals surface area contributed by atoms with Gasteiger partial charge in [0.2, 0.25) is 0 Å². The molecular formula is C23H27FN2O3. The van der Waals surface area contributed by atoms with Crippen molar-refractivity contribution < 1.29 is 18.7 Å². The van der Waals surface area contributed by atoms with E-state index in [0.717, 1.165) is 16.7 Å². The molecule has 0 aliphatic carbocycles. The predicted molar refractivity (Wildman–Crippen MR) is 110 cm³/mol. The van der Waals surface area contributed by atoms with E-state index in [9.17, 15) is 9.18 Å². The second-order valence-electron chi connectivity index (χ2n) is 6.41. The molecule has 5 nitrogen and oxygen atoms in total. The van der Waals surface area contributed by atoms with Crippen LogP contribution in [-0.4, -0.2) is 37.3 Å². The third kappa shape index (κ3) is 8.34. The van der Waals surface area contributed by atoms with Gasteiger partial charge in [-0.15, -0.1) is 6.42 Å². The number of urea groups is 1. The normalized spacial score (nSPS) is 10.4. The average molecular weight is 398 g/mol. The number of nitrogens with one attached hydrogen (secondary N) is 1. The molecule has 0 bridgehead atoms. The van der Waals surface area contributed by atoms with Crippen LogP contribution in [0.5, 0.6) is 0 Å². The van der Waals surface area contributed by atoms with Crippen LogP contribution in [-0.2, 0) is 29.2 Å². The van der Waals surface area contributed by atoms with Gasteiger partial charge in [0.15, 0.2) is 0 Å². The predicted octanol–water partition coefficient (Wildman–Crippen LogP) is 3.72. The van der Waals surface area contributed by atoms with Crippen LogP contribution in [0.15, 0.2) is 48.5 Å². The molecule has 0 aromatic heterocycles. The lowest BCUT2D eigenvalue weighted by molar-refractivity contribution is 0.0453. The van der Waals surface area contributed by atoms with Crippen molar-refractivity contribution in [1.29, 1.82) is 0 Å². The van der Waals surface area contributed by atoms with Crippen molar-refractivity contribution in [1.82, 2.24) is 10.2 Å². The van der Waals surface area contributed by atoms with Crippen molar-refractivity contribution >= 4 is 6.03 Å². The minimum Gasteiger partial charge on any atom is -0.379 e. The first-order chi connectivity index (χ1) is 14.1. The molecule has 2 aromatic rings. The van der Waals surface area contributed by atoms with E-state index >= 15 is 0 Å². The minimum atomic E-state index is -0.316. The summed E-state index contributed by atoms with van der Waals surface area (Å²) in [6.07, 6.45) is 5.39. The fraction of sp³-hybridized carbons (Fsp3) is 0.348. The van der Waals surface area contributed by atoms with Crippen LogP contribution in [0.3, 0.4) is 0 Å². The maximum Gasteiger partial charge on any atom is 0.318 e. The third-order valence-corrected chi connectivity index (χ3v) is 4.14. The Kier molecular flexibility index (Phi) is 9.70. The topological polar surface area (TPSA) is 50.8 Å². The van der Waals surface area contributed by atoms with Crippen LogP contribution in [0.1, 0.15) is 23.6 Å². The number of carbonyl (C=O) groups excluding carboxylic acids is 1. The summed E-state index contributed by atoms with van der Waals surface area (Å²) < 4.78 is 23.9. The fourth-order valence-electron chi connectivity index (χ4n) is 2.69. The van der Waals surface area contributed by atoms with Gasteiger partial charge in [-0.2, -0.15) is 0 Å². The minimum absolute atomic E-state index is 0.164. The first kappa shape index (κ1) is 22.4. The van der Waals surface area contributed by atoms with Crippen molar-refractivity contribution in [3.05, 3.63) is 71.0 Å². The number of amides is 2. The molecule has 29 heavy (non-hydrogen) atoms. The smallest absolute Gasteiger partial charge is 0.318 e. The second-order valence-corrected chi connectivity index (χ2v) is 6.41. The van der Waals surface area contributed by atoms with Gasteiger partial charge in [-0.05, 0) is 35.7 Å². The van der Waals surface area contributed by atoms with E-state index in [0.29, 0.717) is 39.5 Å². The van der Waals surface area contributed by atoms with E-state index in [-0.39, 0.29) is 18.4 Å². The number of halogens is 1. The molecule has 0 saturated heterocycles. The van der Waals surface area contributed by atoms with Gasteiger partial charge in [-0.3, -0.25) is 0 Å². The molecule has 0 spiro atoms. The molecule has 2 rings (SSSR count). The third-order valence-electron chi connectivity index (χ3n) is 4.14. The van der Waals surface area contributed by atoms with E-state index in [2.05, 4.69) is 11.2 Å². The Morgan fingerprint density at radius 2 is 1.83 bits per heavy atom. The molecule has 0 saturated carbocycles. The Hall–Kier alpha value is -2.88. The lowest BCUT2D eigenvalue weighted by Crippen LogP contribution is -2.39. The number of carbonyl (C=O) groups is 1. The zero-order valence-electron chi connectivity index (χ0n) is 16.7. The van der Waals surface area contributed by atoms with Crippen molar-refractivity contribution in [2.75, 3.05) is 26.4 Å². The van der Waals surface area contributed by atoms with E-state index in [1.165, 1.54) is 17.0 Å². The SMILES string of the molecule is C#CCN(Cc1ccc(F)cc1)C(=O)NCc1cccc(COCCOCC)c1. The van der Waals surface area contributed by atoms with Crippen LogP contribution in [0.25, 0.3) is 0 Å². The highest BCUT2D eigenvalue weighted by Crippen LogP contribution is 2.09. The number of nitrogens with zero attached hydrogens (tertiary/aromatic N) is 1. The highest BCUT2D eigenvalue weighted by Gasteiger charge is 2.13. The molecular weight excluding hydrogens is 371 g/mol. The van der Waals surface area contributed by atoms with Crippen LogP contribution >= 0.6 is 0 Å². The van der Waals surface area contributed by atoms with Gasteiger partial charge in [0.05, 0.1) is 26.4 Å². The highest BCUT2D eigenvalue weighted by atomic mass is 19.1. The first-order valence-corrected chi connectivity index (χ1v) is 9.56. The Labute approximate surface area is 171 Å². The van der Waals surface area contributed by atoms with Crippen molar-refractivity contribution in [3.63, 3.8) is 0 Å². The van der Waals surface area contributed by atoms with Crippen LogP contribution in [0.2, 0.25) is 0 Å². The van der Waals surface area contributed by atoms with Gasteiger partial charge in [0, 0.05) is 19.7 Å².